The molecule has 0 heterocycles. The van der Waals surface area contributed by atoms with E-state index in [2.05, 4.69) is 16.1 Å². The van der Waals surface area contributed by atoms with E-state index in [4.69, 9.17) is 4.74 Å². The van der Waals surface area contributed by atoms with Gasteiger partial charge < -0.3 is 9.57 Å². The van der Waals surface area contributed by atoms with Crippen molar-refractivity contribution in [3.05, 3.63) is 30.3 Å². The second-order valence-corrected chi connectivity index (χ2v) is 2.02. The van der Waals surface area contributed by atoms with Crippen molar-refractivity contribution in [3.63, 3.8) is 0 Å². The zero-order chi connectivity index (χ0) is 8.65. The molecule has 63 valence electrons. The van der Waals surface area contributed by atoms with Crippen molar-refractivity contribution in [1.82, 2.24) is 0 Å². The maximum absolute atomic E-state index is 5.26. The molecule has 0 aliphatic carbocycles. The lowest BCUT2D eigenvalue weighted by Crippen LogP contribution is -1.97. The van der Waals surface area contributed by atoms with E-state index in [9.17, 15) is 0 Å². The van der Waals surface area contributed by atoms with Gasteiger partial charge in [-0.25, -0.2) is 0 Å². The molecule has 1 radical (unpaired) electrons. The van der Waals surface area contributed by atoms with E-state index in [0.717, 1.165) is 5.75 Å². The average molecular weight is 164 g/mol. The van der Waals surface area contributed by atoms with Gasteiger partial charge in [0.1, 0.15) is 19.5 Å². The highest BCUT2D eigenvalue weighted by Crippen LogP contribution is 2.06. The fraction of sp³-hybridized carbons (Fsp3) is 0.222. The molecule has 0 bridgehead atoms. The molecule has 0 saturated carbocycles. The molecule has 0 aromatic heterocycles. The molecular formula is C9H10NO2. The lowest BCUT2D eigenvalue weighted by Gasteiger charge is -1.99. The van der Waals surface area contributed by atoms with Crippen LogP contribution in [0, 0.1) is 6.07 Å². The van der Waals surface area contributed by atoms with E-state index in [0.29, 0.717) is 6.61 Å². The first-order chi connectivity index (χ1) is 5.93. The normalized spacial score (nSPS) is 10.1. The second-order valence-electron chi connectivity index (χ2n) is 2.02. The Bertz CT molecular complexity index is 234. The summed E-state index contributed by atoms with van der Waals surface area (Å²) in [5.41, 5.74) is 0. The van der Waals surface area contributed by atoms with Gasteiger partial charge in [0.05, 0.1) is 6.21 Å². The van der Waals surface area contributed by atoms with Crippen molar-refractivity contribution in [2.24, 2.45) is 5.16 Å². The molecule has 0 amide bonds. The maximum Gasteiger partial charge on any atom is 0.127 e. The van der Waals surface area contributed by atoms with E-state index in [1.165, 1.54) is 7.11 Å². The van der Waals surface area contributed by atoms with Crippen LogP contribution in [-0.4, -0.2) is 19.9 Å². The van der Waals surface area contributed by atoms with Gasteiger partial charge in [-0.05, 0) is 18.2 Å². The van der Waals surface area contributed by atoms with Crippen LogP contribution >= 0.6 is 0 Å². The highest BCUT2D eigenvalue weighted by Gasteiger charge is 1.87. The van der Waals surface area contributed by atoms with Gasteiger partial charge >= 0.3 is 0 Å². The molecule has 3 nitrogen and oxygen atoms in total. The Morgan fingerprint density at radius 1 is 1.50 bits per heavy atom. The number of rotatable bonds is 4. The van der Waals surface area contributed by atoms with Crippen molar-refractivity contribution in [3.8, 4) is 5.75 Å². The summed E-state index contributed by atoms with van der Waals surface area (Å²) in [4.78, 5) is 4.46. The molecule has 0 fully saturated rings. The Kier molecular flexibility index (Phi) is 3.71. The summed E-state index contributed by atoms with van der Waals surface area (Å²) in [6.07, 6.45) is 1.55. The molecule has 0 spiro atoms. The quantitative estimate of drug-likeness (QED) is 0.498. The van der Waals surface area contributed by atoms with E-state index in [-0.39, 0.29) is 0 Å². The van der Waals surface area contributed by atoms with Gasteiger partial charge in [-0.1, -0.05) is 17.3 Å². The molecule has 0 saturated heterocycles. The Hall–Kier alpha value is -1.51. The zero-order valence-electron chi connectivity index (χ0n) is 6.86. The topological polar surface area (TPSA) is 30.8 Å². The maximum atomic E-state index is 5.26. The number of ether oxygens (including phenoxy) is 1. The minimum atomic E-state index is 0.415. The van der Waals surface area contributed by atoms with E-state index in [1.807, 2.05) is 12.1 Å². The smallest absolute Gasteiger partial charge is 0.127 e. The second kappa shape index (κ2) is 5.18. The first-order valence-electron chi connectivity index (χ1n) is 3.57. The van der Waals surface area contributed by atoms with Crippen molar-refractivity contribution in [2.45, 2.75) is 0 Å². The van der Waals surface area contributed by atoms with Crippen LogP contribution in [0.4, 0.5) is 0 Å². The summed E-state index contributed by atoms with van der Waals surface area (Å²) in [7, 11) is 1.49. The summed E-state index contributed by atoms with van der Waals surface area (Å²) >= 11 is 0. The van der Waals surface area contributed by atoms with Crippen molar-refractivity contribution < 1.29 is 9.57 Å². The Labute approximate surface area is 71.6 Å². The SMILES string of the molecule is CO/N=C/COc1cc[c]cc1. The lowest BCUT2D eigenvalue weighted by molar-refractivity contribution is 0.212. The summed E-state index contributed by atoms with van der Waals surface area (Å²) in [5, 5.41) is 3.53. The number of hydrogen-bond acceptors (Lipinski definition) is 3. The van der Waals surface area contributed by atoms with Gasteiger partial charge in [0, 0.05) is 0 Å². The van der Waals surface area contributed by atoms with Crippen molar-refractivity contribution in [2.75, 3.05) is 13.7 Å². The van der Waals surface area contributed by atoms with Crippen molar-refractivity contribution >= 4 is 6.21 Å². The highest BCUT2D eigenvalue weighted by molar-refractivity contribution is 5.58. The molecular weight excluding hydrogens is 154 g/mol. The number of nitrogens with zero attached hydrogens (tertiary/aromatic N) is 1. The fourth-order valence-corrected chi connectivity index (χ4v) is 0.706. The highest BCUT2D eigenvalue weighted by atomic mass is 16.6. The van der Waals surface area contributed by atoms with Crippen LogP contribution in [0.2, 0.25) is 0 Å². The van der Waals surface area contributed by atoms with Gasteiger partial charge in [-0.3, -0.25) is 0 Å². The Balaban J connectivity index is 2.29. The van der Waals surface area contributed by atoms with Crippen LogP contribution in [0.3, 0.4) is 0 Å². The van der Waals surface area contributed by atoms with Crippen LogP contribution in [-0.2, 0) is 4.84 Å². The average Bonchev–Trinajstić information content (AvgIpc) is 2.14. The Morgan fingerprint density at radius 2 is 2.25 bits per heavy atom. The van der Waals surface area contributed by atoms with Gasteiger partial charge in [0.2, 0.25) is 0 Å². The minimum Gasteiger partial charge on any atom is -0.488 e. The Morgan fingerprint density at radius 3 is 2.92 bits per heavy atom. The third-order valence-electron chi connectivity index (χ3n) is 1.19. The standard InChI is InChI=1S/C9H10NO2/c1-11-10-7-8-12-9-5-3-2-4-6-9/h3-7H,8H2,1H3/b10-7+. The molecule has 1 rings (SSSR count). The predicted octanol–water partition coefficient (Wildman–Crippen LogP) is 1.50. The number of benzene rings is 1. The van der Waals surface area contributed by atoms with E-state index >= 15 is 0 Å². The molecule has 1 aromatic carbocycles. The fourth-order valence-electron chi connectivity index (χ4n) is 0.706. The van der Waals surface area contributed by atoms with Gasteiger partial charge in [0.15, 0.2) is 0 Å². The monoisotopic (exact) mass is 164 g/mol. The molecule has 3 heteroatoms. The summed E-state index contributed by atoms with van der Waals surface area (Å²) < 4.78 is 5.26. The zero-order valence-corrected chi connectivity index (χ0v) is 6.86. The van der Waals surface area contributed by atoms with Crippen LogP contribution < -0.4 is 4.74 Å². The molecule has 0 aliphatic heterocycles. The van der Waals surface area contributed by atoms with E-state index in [1.54, 1.807) is 18.3 Å². The first kappa shape index (κ1) is 8.59. The first-order valence-corrected chi connectivity index (χ1v) is 3.57. The molecule has 1 aromatic rings. The number of oxime groups is 1. The molecule has 0 N–H and O–H groups in total. The van der Waals surface area contributed by atoms with Crippen LogP contribution in [0.5, 0.6) is 5.75 Å². The summed E-state index contributed by atoms with van der Waals surface area (Å²) in [6, 6.07) is 10.2. The molecule has 0 atom stereocenters. The predicted molar refractivity (Wildman–Crippen MR) is 46.3 cm³/mol. The molecule has 12 heavy (non-hydrogen) atoms. The van der Waals surface area contributed by atoms with Crippen LogP contribution in [0.1, 0.15) is 0 Å². The van der Waals surface area contributed by atoms with Gasteiger partial charge in [-0.15, -0.1) is 0 Å². The molecule has 0 aliphatic rings. The van der Waals surface area contributed by atoms with Crippen molar-refractivity contribution in [1.29, 1.82) is 0 Å². The van der Waals surface area contributed by atoms with E-state index < -0.39 is 0 Å². The lowest BCUT2D eigenvalue weighted by atomic mass is 10.3. The molecule has 0 unspecified atom stereocenters. The third kappa shape index (κ3) is 3.05. The summed E-state index contributed by atoms with van der Waals surface area (Å²) in [5.74, 6) is 0.802. The summed E-state index contributed by atoms with van der Waals surface area (Å²) in [6.45, 7) is 0.415. The number of hydrogen-bond donors (Lipinski definition) is 0. The van der Waals surface area contributed by atoms with Crippen LogP contribution in [0.25, 0.3) is 0 Å². The largest absolute Gasteiger partial charge is 0.488 e. The third-order valence-corrected chi connectivity index (χ3v) is 1.19. The van der Waals surface area contributed by atoms with Crippen LogP contribution in [0.15, 0.2) is 29.4 Å². The van der Waals surface area contributed by atoms with Gasteiger partial charge in [-0.2, -0.15) is 0 Å². The van der Waals surface area contributed by atoms with Gasteiger partial charge in [0.25, 0.3) is 0 Å². The minimum absolute atomic E-state index is 0.415.